The number of halogens is 3. The van der Waals surface area contributed by atoms with Crippen LogP contribution in [0.5, 0.6) is 0 Å². The molecule has 2 unspecified atom stereocenters. The van der Waals surface area contributed by atoms with Crippen molar-refractivity contribution in [3.63, 3.8) is 0 Å². The van der Waals surface area contributed by atoms with E-state index in [9.17, 15) is 23.1 Å². The average molecular weight is 320 g/mol. The number of hydrogen-bond acceptors (Lipinski definition) is 2. The number of fused-ring (bicyclic) bond motifs is 1. The zero-order valence-electron chi connectivity index (χ0n) is 12.2. The van der Waals surface area contributed by atoms with Gasteiger partial charge in [-0.25, -0.2) is 0 Å². The third-order valence-corrected chi connectivity index (χ3v) is 4.45. The van der Waals surface area contributed by atoms with Crippen LogP contribution < -0.4 is 0 Å². The zero-order chi connectivity index (χ0) is 16.7. The molecule has 3 rings (SSSR count). The third-order valence-electron chi connectivity index (χ3n) is 4.45. The van der Waals surface area contributed by atoms with Crippen LogP contribution in [0.2, 0.25) is 0 Å². The predicted octanol–water partition coefficient (Wildman–Crippen LogP) is 4.20. The van der Waals surface area contributed by atoms with E-state index in [4.69, 9.17) is 0 Å². The molecule has 2 aromatic carbocycles. The number of rotatable bonds is 2. The Morgan fingerprint density at radius 1 is 0.957 bits per heavy atom. The monoisotopic (exact) mass is 320 g/mol. The molecule has 23 heavy (non-hydrogen) atoms. The van der Waals surface area contributed by atoms with E-state index in [1.807, 2.05) is 0 Å². The van der Waals surface area contributed by atoms with Gasteiger partial charge >= 0.3 is 6.18 Å². The SMILES string of the molecule is O=C1CCC(C(O)(c2ccccc2)C(F)(F)F)c2ccccc21. The van der Waals surface area contributed by atoms with Crippen molar-refractivity contribution in [1.29, 1.82) is 0 Å². The van der Waals surface area contributed by atoms with Gasteiger partial charge in [-0.15, -0.1) is 0 Å². The summed E-state index contributed by atoms with van der Waals surface area (Å²) in [4.78, 5) is 12.0. The Kier molecular flexibility index (Phi) is 3.76. The second-order valence-corrected chi connectivity index (χ2v) is 5.73. The van der Waals surface area contributed by atoms with E-state index in [-0.39, 0.29) is 35.3 Å². The summed E-state index contributed by atoms with van der Waals surface area (Å²) in [7, 11) is 0. The maximum Gasteiger partial charge on any atom is 0.422 e. The van der Waals surface area contributed by atoms with Crippen LogP contribution in [-0.4, -0.2) is 17.1 Å². The largest absolute Gasteiger partial charge is 0.422 e. The fourth-order valence-corrected chi connectivity index (χ4v) is 3.31. The van der Waals surface area contributed by atoms with Crippen LogP contribution in [0, 0.1) is 0 Å². The van der Waals surface area contributed by atoms with Crippen molar-refractivity contribution in [3.8, 4) is 0 Å². The van der Waals surface area contributed by atoms with Gasteiger partial charge in [0, 0.05) is 17.9 Å². The van der Waals surface area contributed by atoms with Crippen LogP contribution in [-0.2, 0) is 5.60 Å². The van der Waals surface area contributed by atoms with Crippen LogP contribution in [0.25, 0.3) is 0 Å². The van der Waals surface area contributed by atoms with E-state index in [1.54, 1.807) is 18.2 Å². The molecule has 0 aromatic heterocycles. The predicted molar refractivity (Wildman–Crippen MR) is 79.1 cm³/mol. The smallest absolute Gasteiger partial charge is 0.376 e. The lowest BCUT2D eigenvalue weighted by Gasteiger charge is -2.40. The van der Waals surface area contributed by atoms with E-state index >= 15 is 0 Å². The van der Waals surface area contributed by atoms with Gasteiger partial charge in [0.25, 0.3) is 0 Å². The summed E-state index contributed by atoms with van der Waals surface area (Å²) in [6.07, 6.45) is -4.90. The first-order valence-corrected chi connectivity index (χ1v) is 7.32. The molecule has 0 radical (unpaired) electrons. The van der Waals surface area contributed by atoms with Crippen molar-refractivity contribution in [2.75, 3.05) is 0 Å². The van der Waals surface area contributed by atoms with Crippen molar-refractivity contribution in [2.24, 2.45) is 0 Å². The van der Waals surface area contributed by atoms with E-state index < -0.39 is 17.7 Å². The van der Waals surface area contributed by atoms with Crippen molar-refractivity contribution in [2.45, 2.75) is 30.5 Å². The normalized spacial score (nSPS) is 20.7. The second kappa shape index (κ2) is 5.49. The van der Waals surface area contributed by atoms with Gasteiger partial charge < -0.3 is 5.11 Å². The lowest BCUT2D eigenvalue weighted by molar-refractivity contribution is -0.277. The third kappa shape index (κ3) is 2.45. The first-order chi connectivity index (χ1) is 10.9. The standard InChI is InChI=1S/C18H15F3O2/c19-18(20,21)17(23,12-6-2-1-3-7-12)15-10-11-16(22)14-9-5-4-8-13(14)15/h1-9,15,23H,10-11H2. The Morgan fingerprint density at radius 3 is 2.22 bits per heavy atom. The molecule has 0 heterocycles. The van der Waals surface area contributed by atoms with E-state index in [0.717, 1.165) is 0 Å². The van der Waals surface area contributed by atoms with Crippen molar-refractivity contribution in [1.82, 2.24) is 0 Å². The second-order valence-electron chi connectivity index (χ2n) is 5.73. The molecule has 0 spiro atoms. The van der Waals surface area contributed by atoms with Crippen molar-refractivity contribution >= 4 is 5.78 Å². The summed E-state index contributed by atoms with van der Waals surface area (Å²) in [5.41, 5.74) is -2.71. The Bertz CT molecular complexity index is 725. The molecular formula is C18H15F3O2. The summed E-state index contributed by atoms with van der Waals surface area (Å²) in [5.74, 6) is -1.40. The fourth-order valence-electron chi connectivity index (χ4n) is 3.31. The van der Waals surface area contributed by atoms with Crippen LogP contribution in [0.3, 0.4) is 0 Å². The summed E-state index contributed by atoms with van der Waals surface area (Å²) in [6.45, 7) is 0. The molecule has 0 bridgehead atoms. The number of ketones is 1. The molecule has 0 aliphatic heterocycles. The van der Waals surface area contributed by atoms with Crippen LogP contribution in [0.15, 0.2) is 54.6 Å². The molecule has 2 aromatic rings. The van der Waals surface area contributed by atoms with Gasteiger partial charge in [-0.05, 0) is 17.5 Å². The highest BCUT2D eigenvalue weighted by atomic mass is 19.4. The highest BCUT2D eigenvalue weighted by molar-refractivity contribution is 5.98. The van der Waals surface area contributed by atoms with Crippen LogP contribution in [0.4, 0.5) is 13.2 Å². The first kappa shape index (κ1) is 15.7. The molecule has 120 valence electrons. The lowest BCUT2D eigenvalue weighted by Crippen LogP contribution is -2.48. The molecule has 0 saturated heterocycles. The van der Waals surface area contributed by atoms with Gasteiger partial charge in [-0.3, -0.25) is 4.79 Å². The molecule has 1 N–H and O–H groups in total. The van der Waals surface area contributed by atoms with Gasteiger partial charge in [-0.1, -0.05) is 54.6 Å². The zero-order valence-corrected chi connectivity index (χ0v) is 12.2. The Hall–Kier alpha value is -2.14. The number of carbonyl (C=O) groups excluding carboxylic acids is 1. The number of aliphatic hydroxyl groups is 1. The molecule has 1 aliphatic carbocycles. The van der Waals surface area contributed by atoms with E-state index in [1.165, 1.54) is 36.4 Å². The first-order valence-electron chi connectivity index (χ1n) is 7.32. The topological polar surface area (TPSA) is 37.3 Å². The Balaban J connectivity index is 2.20. The van der Waals surface area contributed by atoms with Crippen molar-refractivity contribution in [3.05, 3.63) is 71.3 Å². The number of hydrogen-bond donors (Lipinski definition) is 1. The van der Waals surface area contributed by atoms with E-state index in [0.29, 0.717) is 0 Å². The number of Topliss-reactive ketones (excluding diaryl/α,β-unsaturated/α-hetero) is 1. The van der Waals surface area contributed by atoms with Crippen molar-refractivity contribution < 1.29 is 23.1 Å². The van der Waals surface area contributed by atoms with E-state index in [2.05, 4.69) is 0 Å². The van der Waals surface area contributed by atoms with Gasteiger partial charge in [0.15, 0.2) is 11.4 Å². The van der Waals surface area contributed by atoms with Crippen LogP contribution in [0.1, 0.15) is 40.2 Å². The minimum Gasteiger partial charge on any atom is -0.376 e. The van der Waals surface area contributed by atoms with Gasteiger partial charge in [-0.2, -0.15) is 13.2 Å². The van der Waals surface area contributed by atoms with Gasteiger partial charge in [0.2, 0.25) is 0 Å². The molecule has 0 saturated carbocycles. The average Bonchev–Trinajstić information content (AvgIpc) is 2.54. The minimum atomic E-state index is -4.85. The van der Waals surface area contributed by atoms with Crippen LogP contribution >= 0.6 is 0 Å². The highest BCUT2D eigenvalue weighted by Gasteiger charge is 2.60. The Morgan fingerprint density at radius 2 is 1.57 bits per heavy atom. The molecule has 5 heteroatoms. The fraction of sp³-hybridized carbons (Fsp3) is 0.278. The Labute approximate surface area is 131 Å². The quantitative estimate of drug-likeness (QED) is 0.900. The molecule has 2 nitrogen and oxygen atoms in total. The minimum absolute atomic E-state index is 0.00704. The number of carbonyl (C=O) groups is 1. The molecule has 2 atom stereocenters. The maximum atomic E-state index is 13.8. The molecular weight excluding hydrogens is 305 g/mol. The summed E-state index contributed by atoms with van der Waals surface area (Å²) < 4.78 is 41.5. The van der Waals surface area contributed by atoms with Gasteiger partial charge in [0.05, 0.1) is 0 Å². The summed E-state index contributed by atoms with van der Waals surface area (Å²) >= 11 is 0. The van der Waals surface area contributed by atoms with Gasteiger partial charge in [0.1, 0.15) is 0 Å². The molecule has 1 aliphatic rings. The maximum absolute atomic E-state index is 13.8. The molecule has 0 fully saturated rings. The lowest BCUT2D eigenvalue weighted by atomic mass is 9.69. The summed E-state index contributed by atoms with van der Waals surface area (Å²) in [5, 5.41) is 10.7. The molecule has 0 amide bonds. The number of benzene rings is 2. The highest BCUT2D eigenvalue weighted by Crippen LogP contribution is 2.52. The number of alkyl halides is 3. The summed E-state index contributed by atoms with van der Waals surface area (Å²) in [6, 6.07) is 13.3.